The highest BCUT2D eigenvalue weighted by Gasteiger charge is 2.18. The van der Waals surface area contributed by atoms with Gasteiger partial charge in [-0.1, -0.05) is 19.1 Å². The van der Waals surface area contributed by atoms with Gasteiger partial charge in [0.15, 0.2) is 0 Å². The van der Waals surface area contributed by atoms with Crippen molar-refractivity contribution >= 4 is 0 Å². The molecular weight excluding hydrogens is 198 g/mol. The summed E-state index contributed by atoms with van der Waals surface area (Å²) in [4.78, 5) is 0. The normalized spacial score (nSPS) is 25.4. The van der Waals surface area contributed by atoms with Crippen LogP contribution in [-0.2, 0) is 6.42 Å². The molecule has 88 valence electrons. The molecule has 2 heteroatoms. The molecule has 1 heterocycles. The molecule has 1 aromatic carbocycles. The summed E-state index contributed by atoms with van der Waals surface area (Å²) in [5.41, 5.74) is 1.39. The number of piperidine rings is 1. The molecular formula is C14H21NO. The minimum absolute atomic E-state index is 0.774. The van der Waals surface area contributed by atoms with Gasteiger partial charge in [-0.05, 0) is 55.5 Å². The van der Waals surface area contributed by atoms with Crippen LogP contribution in [0.2, 0.25) is 0 Å². The van der Waals surface area contributed by atoms with E-state index in [9.17, 15) is 0 Å². The maximum atomic E-state index is 5.25. The van der Waals surface area contributed by atoms with E-state index in [-0.39, 0.29) is 0 Å². The highest BCUT2D eigenvalue weighted by atomic mass is 16.5. The molecule has 2 nitrogen and oxygen atoms in total. The predicted molar refractivity (Wildman–Crippen MR) is 66.8 cm³/mol. The Bertz CT molecular complexity index is 337. The van der Waals surface area contributed by atoms with E-state index < -0.39 is 0 Å². The van der Waals surface area contributed by atoms with Crippen LogP contribution in [0.4, 0.5) is 0 Å². The van der Waals surface area contributed by atoms with Crippen LogP contribution >= 0.6 is 0 Å². The molecule has 2 rings (SSSR count). The van der Waals surface area contributed by atoms with Gasteiger partial charge in [-0.3, -0.25) is 0 Å². The van der Waals surface area contributed by atoms with Crippen LogP contribution < -0.4 is 10.1 Å². The molecule has 0 spiro atoms. The Hall–Kier alpha value is -1.02. The van der Waals surface area contributed by atoms with Crippen LogP contribution in [-0.4, -0.2) is 20.2 Å². The molecule has 2 atom stereocenters. The van der Waals surface area contributed by atoms with Gasteiger partial charge in [0, 0.05) is 0 Å². The highest BCUT2D eigenvalue weighted by molar-refractivity contribution is 5.28. The lowest BCUT2D eigenvalue weighted by Gasteiger charge is -2.27. The lowest BCUT2D eigenvalue weighted by atomic mass is 9.87. The summed E-state index contributed by atoms with van der Waals surface area (Å²) in [6, 6.07) is 8.43. The van der Waals surface area contributed by atoms with Gasteiger partial charge in [0.1, 0.15) is 5.75 Å². The SMILES string of the molecule is COc1cccc(CC2CNCC(C)C2)c1. The van der Waals surface area contributed by atoms with Crippen LogP contribution in [0.3, 0.4) is 0 Å². The number of rotatable bonds is 3. The molecule has 0 aromatic heterocycles. The number of ether oxygens (including phenoxy) is 1. The fourth-order valence-electron chi connectivity index (χ4n) is 2.56. The van der Waals surface area contributed by atoms with Crippen LogP contribution in [0.15, 0.2) is 24.3 Å². The van der Waals surface area contributed by atoms with Crippen molar-refractivity contribution in [3.05, 3.63) is 29.8 Å². The van der Waals surface area contributed by atoms with E-state index in [1.165, 1.54) is 18.5 Å². The third kappa shape index (κ3) is 2.99. The minimum Gasteiger partial charge on any atom is -0.497 e. The van der Waals surface area contributed by atoms with Gasteiger partial charge in [-0.2, -0.15) is 0 Å². The third-order valence-corrected chi connectivity index (χ3v) is 3.32. The smallest absolute Gasteiger partial charge is 0.119 e. The van der Waals surface area contributed by atoms with Gasteiger partial charge in [-0.25, -0.2) is 0 Å². The average molecular weight is 219 g/mol. The second kappa shape index (κ2) is 5.35. The van der Waals surface area contributed by atoms with E-state index in [4.69, 9.17) is 4.74 Å². The summed E-state index contributed by atoms with van der Waals surface area (Å²) in [5, 5.41) is 3.50. The Morgan fingerprint density at radius 2 is 2.25 bits per heavy atom. The van der Waals surface area contributed by atoms with E-state index in [0.717, 1.165) is 30.6 Å². The van der Waals surface area contributed by atoms with Crippen LogP contribution in [0.25, 0.3) is 0 Å². The summed E-state index contributed by atoms with van der Waals surface area (Å²) in [7, 11) is 1.73. The molecule has 1 fully saturated rings. The summed E-state index contributed by atoms with van der Waals surface area (Å²) in [6.07, 6.45) is 2.50. The maximum Gasteiger partial charge on any atom is 0.119 e. The molecule has 1 aliphatic heterocycles. The molecule has 0 aliphatic carbocycles. The standard InChI is InChI=1S/C14H21NO/c1-11-6-13(10-15-9-11)7-12-4-3-5-14(8-12)16-2/h3-5,8,11,13,15H,6-7,9-10H2,1-2H3. The molecule has 1 N–H and O–H groups in total. The van der Waals surface area contributed by atoms with Crippen molar-refractivity contribution in [3.63, 3.8) is 0 Å². The molecule has 0 bridgehead atoms. The van der Waals surface area contributed by atoms with Gasteiger partial charge in [0.25, 0.3) is 0 Å². The first-order chi connectivity index (χ1) is 7.78. The van der Waals surface area contributed by atoms with E-state index in [1.54, 1.807) is 7.11 Å². The Labute approximate surface area is 98.0 Å². The fraction of sp³-hybridized carbons (Fsp3) is 0.571. The number of methoxy groups -OCH3 is 1. The highest BCUT2D eigenvalue weighted by Crippen LogP contribution is 2.22. The van der Waals surface area contributed by atoms with E-state index in [1.807, 2.05) is 6.07 Å². The molecule has 0 amide bonds. The summed E-state index contributed by atoms with van der Waals surface area (Å²) in [6.45, 7) is 4.65. The van der Waals surface area contributed by atoms with Crippen molar-refractivity contribution < 1.29 is 4.74 Å². The summed E-state index contributed by atoms with van der Waals surface area (Å²) in [5.74, 6) is 2.55. The van der Waals surface area contributed by atoms with Crippen molar-refractivity contribution in [2.75, 3.05) is 20.2 Å². The first kappa shape index (κ1) is 11.5. The molecule has 0 radical (unpaired) electrons. The second-order valence-electron chi connectivity index (χ2n) is 4.92. The Morgan fingerprint density at radius 1 is 1.38 bits per heavy atom. The molecule has 16 heavy (non-hydrogen) atoms. The topological polar surface area (TPSA) is 21.3 Å². The maximum absolute atomic E-state index is 5.25. The Kier molecular flexibility index (Phi) is 3.83. The van der Waals surface area contributed by atoms with E-state index in [0.29, 0.717) is 0 Å². The lowest BCUT2D eigenvalue weighted by Crippen LogP contribution is -2.35. The van der Waals surface area contributed by atoms with Crippen molar-refractivity contribution in [2.24, 2.45) is 11.8 Å². The first-order valence-corrected chi connectivity index (χ1v) is 6.11. The second-order valence-corrected chi connectivity index (χ2v) is 4.92. The third-order valence-electron chi connectivity index (χ3n) is 3.32. The van der Waals surface area contributed by atoms with Crippen molar-refractivity contribution in [3.8, 4) is 5.75 Å². The van der Waals surface area contributed by atoms with Gasteiger partial charge >= 0.3 is 0 Å². The quantitative estimate of drug-likeness (QED) is 0.843. The lowest BCUT2D eigenvalue weighted by molar-refractivity contribution is 0.301. The van der Waals surface area contributed by atoms with Crippen molar-refractivity contribution in [2.45, 2.75) is 19.8 Å². The van der Waals surface area contributed by atoms with Crippen LogP contribution in [0.1, 0.15) is 18.9 Å². The van der Waals surface area contributed by atoms with Crippen molar-refractivity contribution in [1.82, 2.24) is 5.32 Å². The van der Waals surface area contributed by atoms with Crippen LogP contribution in [0, 0.1) is 11.8 Å². The largest absolute Gasteiger partial charge is 0.497 e. The first-order valence-electron chi connectivity index (χ1n) is 6.11. The Morgan fingerprint density at radius 3 is 3.00 bits per heavy atom. The van der Waals surface area contributed by atoms with Crippen molar-refractivity contribution in [1.29, 1.82) is 0 Å². The predicted octanol–water partition coefficient (Wildman–Crippen LogP) is 2.48. The monoisotopic (exact) mass is 219 g/mol. The van der Waals surface area contributed by atoms with E-state index >= 15 is 0 Å². The molecule has 1 aliphatic rings. The molecule has 1 saturated heterocycles. The molecule has 1 aromatic rings. The van der Waals surface area contributed by atoms with Gasteiger partial charge in [0.2, 0.25) is 0 Å². The summed E-state index contributed by atoms with van der Waals surface area (Å²) < 4.78 is 5.25. The number of benzene rings is 1. The number of hydrogen-bond acceptors (Lipinski definition) is 2. The fourth-order valence-corrected chi connectivity index (χ4v) is 2.56. The van der Waals surface area contributed by atoms with Gasteiger partial charge in [-0.15, -0.1) is 0 Å². The summed E-state index contributed by atoms with van der Waals surface area (Å²) >= 11 is 0. The molecule has 2 unspecified atom stereocenters. The van der Waals surface area contributed by atoms with Crippen LogP contribution in [0.5, 0.6) is 5.75 Å². The number of hydrogen-bond donors (Lipinski definition) is 1. The van der Waals surface area contributed by atoms with Gasteiger partial charge in [0.05, 0.1) is 7.11 Å². The zero-order valence-electron chi connectivity index (χ0n) is 10.2. The zero-order chi connectivity index (χ0) is 11.4. The van der Waals surface area contributed by atoms with E-state index in [2.05, 4.69) is 30.4 Å². The zero-order valence-corrected chi connectivity index (χ0v) is 10.2. The Balaban J connectivity index is 1.97. The van der Waals surface area contributed by atoms with Gasteiger partial charge < -0.3 is 10.1 Å². The minimum atomic E-state index is 0.774. The number of nitrogens with one attached hydrogen (secondary N) is 1. The average Bonchev–Trinajstić information content (AvgIpc) is 2.29. The molecule has 0 saturated carbocycles.